The van der Waals surface area contributed by atoms with Gasteiger partial charge in [-0.15, -0.1) is 0 Å². The minimum Gasteiger partial charge on any atom is -0.491 e. The maximum atomic E-state index is 8.65. The van der Waals surface area contributed by atoms with Crippen molar-refractivity contribution in [1.82, 2.24) is 0 Å². The Balaban J connectivity index is 2.69. The van der Waals surface area contributed by atoms with Crippen LogP contribution in [0.15, 0.2) is 18.2 Å². The van der Waals surface area contributed by atoms with Gasteiger partial charge >= 0.3 is 0 Å². The molecule has 1 aromatic carbocycles. The number of aliphatic hydroxyl groups is 1. The number of rotatable bonds is 5. The zero-order valence-electron chi connectivity index (χ0n) is 9.58. The third-order valence-corrected chi connectivity index (χ3v) is 1.98. The molecule has 0 unspecified atom stereocenters. The molecule has 0 atom stereocenters. The van der Waals surface area contributed by atoms with Crippen molar-refractivity contribution in [3.05, 3.63) is 23.8 Å². The lowest BCUT2D eigenvalue weighted by molar-refractivity contribution is 0.200. The molecular weight excluding hydrogens is 190 g/mol. The molecule has 3 nitrogen and oxygen atoms in total. The number of aliphatic hydroxyl groups excluding tert-OH is 1. The minimum atomic E-state index is 0.0471. The smallest absolute Gasteiger partial charge is 0.122 e. The topological polar surface area (TPSA) is 41.5 Å². The first-order valence-electron chi connectivity index (χ1n) is 5.24. The molecule has 0 fully saturated rings. The summed E-state index contributed by atoms with van der Waals surface area (Å²) in [6.45, 7) is 6.60. The maximum Gasteiger partial charge on any atom is 0.122 e. The molecule has 0 bridgehead atoms. The molecule has 3 heteroatoms. The molecule has 0 aliphatic rings. The number of ether oxygens (including phenoxy) is 1. The van der Waals surface area contributed by atoms with E-state index in [1.165, 1.54) is 0 Å². The average molecular weight is 209 g/mol. The van der Waals surface area contributed by atoms with Crippen LogP contribution in [0, 0.1) is 6.92 Å². The highest BCUT2D eigenvalue weighted by Crippen LogP contribution is 2.22. The van der Waals surface area contributed by atoms with Crippen LogP contribution in [0.1, 0.15) is 19.4 Å². The largest absolute Gasteiger partial charge is 0.491 e. The second-order valence-corrected chi connectivity index (χ2v) is 3.85. The second kappa shape index (κ2) is 5.61. The standard InChI is InChI=1S/C12H19NO2/c1-9(2)13-11-4-5-12(10(3)8-11)15-7-6-14/h4-5,8-9,13-14H,6-7H2,1-3H3. The van der Waals surface area contributed by atoms with Crippen molar-refractivity contribution in [2.24, 2.45) is 0 Å². The van der Waals surface area contributed by atoms with Crippen LogP contribution < -0.4 is 10.1 Å². The van der Waals surface area contributed by atoms with Crippen LogP contribution in [-0.2, 0) is 0 Å². The molecule has 84 valence electrons. The van der Waals surface area contributed by atoms with Crippen molar-refractivity contribution in [1.29, 1.82) is 0 Å². The molecule has 15 heavy (non-hydrogen) atoms. The van der Waals surface area contributed by atoms with Gasteiger partial charge < -0.3 is 15.2 Å². The van der Waals surface area contributed by atoms with Gasteiger partial charge in [0.15, 0.2) is 0 Å². The molecule has 0 aliphatic heterocycles. The summed E-state index contributed by atoms with van der Waals surface area (Å²) in [6.07, 6.45) is 0. The summed E-state index contributed by atoms with van der Waals surface area (Å²) in [6, 6.07) is 6.39. The molecule has 0 spiro atoms. The number of hydrogen-bond acceptors (Lipinski definition) is 3. The number of benzene rings is 1. The minimum absolute atomic E-state index is 0.0471. The zero-order chi connectivity index (χ0) is 11.3. The Morgan fingerprint density at radius 3 is 2.67 bits per heavy atom. The van der Waals surface area contributed by atoms with E-state index in [2.05, 4.69) is 19.2 Å². The van der Waals surface area contributed by atoms with E-state index in [4.69, 9.17) is 9.84 Å². The fraction of sp³-hybridized carbons (Fsp3) is 0.500. The van der Waals surface area contributed by atoms with E-state index in [1.54, 1.807) is 0 Å². The molecule has 0 aliphatic carbocycles. The van der Waals surface area contributed by atoms with Crippen LogP contribution in [0.4, 0.5) is 5.69 Å². The van der Waals surface area contributed by atoms with Crippen LogP contribution in [0.2, 0.25) is 0 Å². The van der Waals surface area contributed by atoms with E-state index in [-0.39, 0.29) is 6.61 Å². The molecule has 2 N–H and O–H groups in total. The third-order valence-electron chi connectivity index (χ3n) is 1.98. The Bertz CT molecular complexity index is 310. The third kappa shape index (κ3) is 3.80. The molecule has 1 aromatic rings. The molecule has 0 amide bonds. The molecule has 0 saturated heterocycles. The summed E-state index contributed by atoms with van der Waals surface area (Å²) in [7, 11) is 0. The number of anilines is 1. The Kier molecular flexibility index (Phi) is 4.43. The fourth-order valence-electron chi connectivity index (χ4n) is 1.39. The van der Waals surface area contributed by atoms with Crippen LogP contribution in [0.5, 0.6) is 5.75 Å². The fourth-order valence-corrected chi connectivity index (χ4v) is 1.39. The van der Waals surface area contributed by atoms with Crippen LogP contribution in [-0.4, -0.2) is 24.4 Å². The monoisotopic (exact) mass is 209 g/mol. The summed E-state index contributed by atoms with van der Waals surface area (Å²) in [5.74, 6) is 0.832. The van der Waals surface area contributed by atoms with Crippen LogP contribution in [0.25, 0.3) is 0 Å². The lowest BCUT2D eigenvalue weighted by atomic mass is 10.2. The second-order valence-electron chi connectivity index (χ2n) is 3.85. The SMILES string of the molecule is Cc1cc(NC(C)C)ccc1OCCO. The Hall–Kier alpha value is -1.22. The molecule has 0 heterocycles. The van der Waals surface area contributed by atoms with Crippen LogP contribution in [0.3, 0.4) is 0 Å². The summed E-state index contributed by atoms with van der Waals surface area (Å²) < 4.78 is 5.37. The number of aryl methyl sites for hydroxylation is 1. The highest BCUT2D eigenvalue weighted by atomic mass is 16.5. The van der Waals surface area contributed by atoms with Gasteiger partial charge in [-0.25, -0.2) is 0 Å². The Morgan fingerprint density at radius 1 is 1.40 bits per heavy atom. The van der Waals surface area contributed by atoms with E-state index >= 15 is 0 Å². The van der Waals surface area contributed by atoms with Gasteiger partial charge in [0.1, 0.15) is 12.4 Å². The lowest BCUT2D eigenvalue weighted by Crippen LogP contribution is -2.10. The molecule has 0 saturated carbocycles. The molecule has 1 rings (SSSR count). The van der Waals surface area contributed by atoms with Gasteiger partial charge in [-0.1, -0.05) is 0 Å². The van der Waals surface area contributed by atoms with Crippen molar-refractivity contribution in [3.63, 3.8) is 0 Å². The van der Waals surface area contributed by atoms with Crippen molar-refractivity contribution in [3.8, 4) is 5.75 Å². The Labute approximate surface area is 91.1 Å². The van der Waals surface area contributed by atoms with Gasteiger partial charge in [0.05, 0.1) is 6.61 Å². The Morgan fingerprint density at radius 2 is 2.13 bits per heavy atom. The average Bonchev–Trinajstić information content (AvgIpc) is 2.15. The summed E-state index contributed by atoms with van der Waals surface area (Å²) >= 11 is 0. The van der Waals surface area contributed by atoms with E-state index in [1.807, 2.05) is 25.1 Å². The van der Waals surface area contributed by atoms with Gasteiger partial charge in [0, 0.05) is 11.7 Å². The van der Waals surface area contributed by atoms with Gasteiger partial charge in [-0.3, -0.25) is 0 Å². The zero-order valence-corrected chi connectivity index (χ0v) is 9.58. The van der Waals surface area contributed by atoms with E-state index in [9.17, 15) is 0 Å². The van der Waals surface area contributed by atoms with Crippen molar-refractivity contribution in [2.75, 3.05) is 18.5 Å². The first-order valence-corrected chi connectivity index (χ1v) is 5.24. The van der Waals surface area contributed by atoms with Crippen molar-refractivity contribution in [2.45, 2.75) is 26.8 Å². The maximum absolute atomic E-state index is 8.65. The van der Waals surface area contributed by atoms with Crippen LogP contribution >= 0.6 is 0 Å². The van der Waals surface area contributed by atoms with Gasteiger partial charge in [-0.05, 0) is 44.5 Å². The summed E-state index contributed by atoms with van der Waals surface area (Å²) in [5, 5.41) is 12.0. The van der Waals surface area contributed by atoms with Gasteiger partial charge in [0.25, 0.3) is 0 Å². The molecule has 0 aromatic heterocycles. The highest BCUT2D eigenvalue weighted by Gasteiger charge is 2.01. The van der Waals surface area contributed by atoms with Gasteiger partial charge in [-0.2, -0.15) is 0 Å². The summed E-state index contributed by atoms with van der Waals surface area (Å²) in [5.41, 5.74) is 2.17. The highest BCUT2D eigenvalue weighted by molar-refractivity contribution is 5.51. The quantitative estimate of drug-likeness (QED) is 0.781. The van der Waals surface area contributed by atoms with E-state index < -0.39 is 0 Å². The van der Waals surface area contributed by atoms with E-state index in [0.717, 1.165) is 17.0 Å². The number of nitrogens with one attached hydrogen (secondary N) is 1. The lowest BCUT2D eigenvalue weighted by Gasteiger charge is -2.13. The van der Waals surface area contributed by atoms with Gasteiger partial charge in [0.2, 0.25) is 0 Å². The molecule has 0 radical (unpaired) electrons. The normalized spacial score (nSPS) is 10.5. The predicted octanol–water partition coefficient (Wildman–Crippen LogP) is 2.19. The van der Waals surface area contributed by atoms with Crippen molar-refractivity contribution < 1.29 is 9.84 Å². The first kappa shape index (κ1) is 11.9. The first-order chi connectivity index (χ1) is 7.13. The summed E-state index contributed by atoms with van der Waals surface area (Å²) in [4.78, 5) is 0. The van der Waals surface area contributed by atoms with E-state index in [0.29, 0.717) is 12.6 Å². The van der Waals surface area contributed by atoms with Crippen molar-refractivity contribution >= 4 is 5.69 Å². The number of hydrogen-bond donors (Lipinski definition) is 2. The predicted molar refractivity (Wildman–Crippen MR) is 62.5 cm³/mol. The molecular formula is C12H19NO2.